The Morgan fingerprint density at radius 1 is 1.07 bits per heavy atom. The van der Waals surface area contributed by atoms with Crippen molar-refractivity contribution in [1.29, 1.82) is 0 Å². The molecule has 0 saturated heterocycles. The van der Waals surface area contributed by atoms with Crippen molar-refractivity contribution in [2.75, 3.05) is 0 Å². The van der Waals surface area contributed by atoms with Gasteiger partial charge in [-0.3, -0.25) is 9.78 Å². The van der Waals surface area contributed by atoms with E-state index < -0.39 is 11.6 Å². The molecule has 27 heavy (non-hydrogen) atoms. The number of nitrogens with one attached hydrogen (secondary N) is 1. The number of hydrogen-bond acceptors (Lipinski definition) is 2. The van der Waals surface area contributed by atoms with Crippen LogP contribution in [0.15, 0.2) is 73.1 Å². The number of carbonyl (C=O) groups excluding carboxylic acids is 1. The van der Waals surface area contributed by atoms with E-state index >= 15 is 0 Å². The minimum atomic E-state index is -0.712. The van der Waals surface area contributed by atoms with Crippen molar-refractivity contribution >= 4 is 12.0 Å². The fraction of sp³-hybridized carbons (Fsp3) is 0.0909. The molecule has 3 rings (SSSR count). The predicted molar refractivity (Wildman–Crippen MR) is 102 cm³/mol. The maximum Gasteiger partial charge on any atom is 0.244 e. The fourth-order valence-corrected chi connectivity index (χ4v) is 2.67. The molecule has 2 aromatic carbocycles. The van der Waals surface area contributed by atoms with E-state index in [1.165, 1.54) is 18.2 Å². The van der Waals surface area contributed by atoms with Crippen molar-refractivity contribution in [2.45, 2.75) is 13.0 Å². The summed E-state index contributed by atoms with van der Waals surface area (Å²) in [7, 11) is 0. The Labute approximate surface area is 156 Å². The van der Waals surface area contributed by atoms with Crippen LogP contribution in [0.3, 0.4) is 0 Å². The molecular weight excluding hydrogens is 346 g/mol. The standard InChI is InChI=1S/C22H18F2N2O/c1-15(17-4-2-5-18(12-17)19-6-3-11-25-14-19)26-22(27)10-8-16-7-9-20(23)13-21(16)24/h2-15H,1H3,(H,26,27)/t15-/m0/s1. The van der Waals surface area contributed by atoms with Gasteiger partial charge in [0.2, 0.25) is 5.91 Å². The van der Waals surface area contributed by atoms with Crippen molar-refractivity contribution in [3.63, 3.8) is 0 Å². The van der Waals surface area contributed by atoms with Crippen LogP contribution in [0, 0.1) is 11.6 Å². The summed E-state index contributed by atoms with van der Waals surface area (Å²) in [5, 5.41) is 2.84. The van der Waals surface area contributed by atoms with E-state index in [2.05, 4.69) is 10.3 Å². The zero-order chi connectivity index (χ0) is 19.2. The van der Waals surface area contributed by atoms with E-state index in [0.29, 0.717) is 0 Å². The average molecular weight is 364 g/mol. The third-order valence-electron chi connectivity index (χ3n) is 4.12. The highest BCUT2D eigenvalue weighted by molar-refractivity contribution is 5.92. The molecule has 3 aromatic rings. The highest BCUT2D eigenvalue weighted by Gasteiger charge is 2.09. The topological polar surface area (TPSA) is 42.0 Å². The number of benzene rings is 2. The van der Waals surface area contributed by atoms with E-state index in [-0.39, 0.29) is 17.5 Å². The third kappa shape index (κ3) is 4.85. The lowest BCUT2D eigenvalue weighted by Crippen LogP contribution is -2.24. The second-order valence-corrected chi connectivity index (χ2v) is 6.10. The van der Waals surface area contributed by atoms with Gasteiger partial charge in [0.05, 0.1) is 6.04 Å². The van der Waals surface area contributed by atoms with Crippen molar-refractivity contribution < 1.29 is 13.6 Å². The first-order chi connectivity index (χ1) is 13.0. The minimum Gasteiger partial charge on any atom is -0.346 e. The molecule has 0 aliphatic heterocycles. The van der Waals surface area contributed by atoms with E-state index in [1.54, 1.807) is 12.4 Å². The Morgan fingerprint density at radius 3 is 2.63 bits per heavy atom. The molecule has 1 heterocycles. The largest absolute Gasteiger partial charge is 0.346 e. The molecule has 1 amide bonds. The summed E-state index contributed by atoms with van der Waals surface area (Å²) in [4.78, 5) is 16.2. The van der Waals surface area contributed by atoms with Gasteiger partial charge in [-0.25, -0.2) is 8.78 Å². The van der Waals surface area contributed by atoms with Gasteiger partial charge in [0.1, 0.15) is 11.6 Å². The van der Waals surface area contributed by atoms with Crippen LogP contribution >= 0.6 is 0 Å². The first kappa shape index (κ1) is 18.5. The minimum absolute atomic E-state index is 0.151. The molecule has 1 aromatic heterocycles. The summed E-state index contributed by atoms with van der Waals surface area (Å²) < 4.78 is 26.5. The number of aromatic nitrogens is 1. The second kappa shape index (κ2) is 8.36. The monoisotopic (exact) mass is 364 g/mol. The lowest BCUT2D eigenvalue weighted by molar-refractivity contribution is -0.117. The SMILES string of the molecule is C[C@H](NC(=O)C=Cc1ccc(F)cc1F)c1cccc(-c2cccnc2)c1. The van der Waals surface area contributed by atoms with Crippen molar-refractivity contribution in [1.82, 2.24) is 10.3 Å². The van der Waals surface area contributed by atoms with E-state index in [9.17, 15) is 13.6 Å². The van der Waals surface area contributed by atoms with Crippen LogP contribution in [0.4, 0.5) is 8.78 Å². The Hall–Kier alpha value is -3.34. The number of pyridine rings is 1. The molecule has 1 atom stereocenters. The molecule has 3 nitrogen and oxygen atoms in total. The maximum absolute atomic E-state index is 13.6. The molecule has 0 spiro atoms. The molecule has 0 radical (unpaired) electrons. The van der Waals surface area contributed by atoms with Gasteiger partial charge in [0, 0.05) is 30.1 Å². The van der Waals surface area contributed by atoms with Crippen LogP contribution in [-0.2, 0) is 4.79 Å². The average Bonchev–Trinajstić information content (AvgIpc) is 2.68. The number of halogens is 2. The van der Waals surface area contributed by atoms with Crippen LogP contribution in [0.25, 0.3) is 17.2 Å². The van der Waals surface area contributed by atoms with Gasteiger partial charge in [-0.2, -0.15) is 0 Å². The molecule has 0 saturated carbocycles. The Kier molecular flexibility index (Phi) is 5.71. The summed E-state index contributed by atoms with van der Waals surface area (Å²) in [6.07, 6.45) is 6.05. The number of nitrogens with zero attached hydrogens (tertiary/aromatic N) is 1. The molecule has 0 aliphatic carbocycles. The van der Waals surface area contributed by atoms with Gasteiger partial charge in [0.25, 0.3) is 0 Å². The fourth-order valence-electron chi connectivity index (χ4n) is 2.67. The molecule has 0 aliphatic rings. The Morgan fingerprint density at radius 2 is 1.89 bits per heavy atom. The molecular formula is C22H18F2N2O. The predicted octanol–water partition coefficient (Wildman–Crippen LogP) is 4.92. The number of rotatable bonds is 5. The Balaban J connectivity index is 1.69. The van der Waals surface area contributed by atoms with Crippen molar-refractivity contribution in [3.8, 4) is 11.1 Å². The van der Waals surface area contributed by atoms with Gasteiger partial charge >= 0.3 is 0 Å². The molecule has 0 bridgehead atoms. The van der Waals surface area contributed by atoms with Crippen LogP contribution in [-0.4, -0.2) is 10.9 Å². The number of hydrogen-bond donors (Lipinski definition) is 1. The quantitative estimate of drug-likeness (QED) is 0.653. The van der Waals surface area contributed by atoms with E-state index in [4.69, 9.17) is 0 Å². The van der Waals surface area contributed by atoms with Gasteiger partial charge in [0.15, 0.2) is 0 Å². The number of carbonyl (C=O) groups is 1. The lowest BCUT2D eigenvalue weighted by Gasteiger charge is -2.14. The summed E-state index contributed by atoms with van der Waals surface area (Å²) in [5.41, 5.74) is 3.08. The highest BCUT2D eigenvalue weighted by atomic mass is 19.1. The highest BCUT2D eigenvalue weighted by Crippen LogP contribution is 2.22. The van der Waals surface area contributed by atoms with Crippen LogP contribution < -0.4 is 5.32 Å². The molecule has 0 unspecified atom stereocenters. The van der Waals surface area contributed by atoms with Crippen LogP contribution in [0.1, 0.15) is 24.1 Å². The smallest absolute Gasteiger partial charge is 0.244 e. The maximum atomic E-state index is 13.6. The van der Waals surface area contributed by atoms with Crippen molar-refractivity contribution in [2.24, 2.45) is 0 Å². The summed E-state index contributed by atoms with van der Waals surface area (Å²) in [6, 6.07) is 14.6. The number of amides is 1. The molecule has 1 N–H and O–H groups in total. The first-order valence-electron chi connectivity index (χ1n) is 8.47. The molecule has 136 valence electrons. The van der Waals surface area contributed by atoms with Gasteiger partial charge < -0.3 is 5.32 Å². The summed E-state index contributed by atoms with van der Waals surface area (Å²) in [5.74, 6) is -1.73. The summed E-state index contributed by atoms with van der Waals surface area (Å²) in [6.45, 7) is 1.87. The van der Waals surface area contributed by atoms with Gasteiger partial charge in [-0.15, -0.1) is 0 Å². The third-order valence-corrected chi connectivity index (χ3v) is 4.12. The van der Waals surface area contributed by atoms with Gasteiger partial charge in [-0.1, -0.05) is 24.3 Å². The zero-order valence-corrected chi connectivity index (χ0v) is 14.7. The molecule has 5 heteroatoms. The second-order valence-electron chi connectivity index (χ2n) is 6.10. The van der Waals surface area contributed by atoms with Crippen molar-refractivity contribution in [3.05, 3.63) is 95.8 Å². The van der Waals surface area contributed by atoms with Crippen LogP contribution in [0.2, 0.25) is 0 Å². The lowest BCUT2D eigenvalue weighted by atomic mass is 10.0. The van der Waals surface area contributed by atoms with E-state index in [0.717, 1.165) is 28.8 Å². The van der Waals surface area contributed by atoms with Gasteiger partial charge in [-0.05, 0) is 54.0 Å². The zero-order valence-electron chi connectivity index (χ0n) is 14.7. The Bertz CT molecular complexity index is 971. The van der Waals surface area contributed by atoms with E-state index in [1.807, 2.05) is 43.3 Å². The first-order valence-corrected chi connectivity index (χ1v) is 8.47. The van der Waals surface area contributed by atoms with Crippen LogP contribution in [0.5, 0.6) is 0 Å². The normalized spacial score (nSPS) is 12.1. The molecule has 0 fully saturated rings. The summed E-state index contributed by atoms with van der Waals surface area (Å²) >= 11 is 0.